The molecule has 6 fully saturated rings. The first-order valence-electron chi connectivity index (χ1n) is 30.7. The van der Waals surface area contributed by atoms with Gasteiger partial charge in [-0.05, 0) is 161 Å². The summed E-state index contributed by atoms with van der Waals surface area (Å²) in [7, 11) is 1.84. The van der Waals surface area contributed by atoms with E-state index >= 15 is 0 Å². The third-order valence-electron chi connectivity index (χ3n) is 20.4. The normalized spacial score (nSPS) is 31.4. The molecule has 0 aromatic carbocycles. The lowest BCUT2D eigenvalue weighted by Crippen LogP contribution is -2.59. The smallest absolute Gasteiger partial charge is 0.325 e. The van der Waals surface area contributed by atoms with Crippen LogP contribution in [0.2, 0.25) is 0 Å². The van der Waals surface area contributed by atoms with Crippen LogP contribution in [-0.4, -0.2) is 136 Å². The summed E-state index contributed by atoms with van der Waals surface area (Å²) in [5.74, 6) is 0.469. The van der Waals surface area contributed by atoms with Gasteiger partial charge in [-0.2, -0.15) is 0 Å². The van der Waals surface area contributed by atoms with Crippen molar-refractivity contribution < 1.29 is 43.1 Å². The third kappa shape index (κ3) is 13.4. The van der Waals surface area contributed by atoms with E-state index in [4.69, 9.17) is 10.5 Å². The minimum Gasteiger partial charge on any atom is -0.461 e. The van der Waals surface area contributed by atoms with Gasteiger partial charge in [-0.25, -0.2) is 0 Å². The van der Waals surface area contributed by atoms with Gasteiger partial charge in [-0.3, -0.25) is 38.4 Å². The van der Waals surface area contributed by atoms with Crippen LogP contribution in [-0.2, 0) is 43.1 Å². The van der Waals surface area contributed by atoms with Crippen LogP contribution in [0.3, 0.4) is 0 Å². The first-order chi connectivity index (χ1) is 37.6. The summed E-state index contributed by atoms with van der Waals surface area (Å²) in [5, 5.41) is 8.40. The summed E-state index contributed by atoms with van der Waals surface area (Å²) in [4.78, 5) is 116. The molecule has 4 aliphatic carbocycles. The maximum absolute atomic E-state index is 14.5. The minimum atomic E-state index is -1.28. The molecule has 7 amide bonds. The van der Waals surface area contributed by atoms with Crippen molar-refractivity contribution in [2.45, 2.75) is 220 Å². The molecule has 0 aromatic heterocycles. The van der Waals surface area contributed by atoms with E-state index in [1.54, 1.807) is 16.0 Å². The number of nitrogens with zero attached hydrogens (tertiary/aromatic N) is 4. The van der Waals surface area contributed by atoms with E-state index in [0.717, 1.165) is 42.9 Å². The molecule has 3 saturated heterocycles. The predicted octanol–water partition coefficient (Wildman–Crippen LogP) is 7.04. The van der Waals surface area contributed by atoms with E-state index in [-0.39, 0.29) is 61.6 Å². The standard InChI is InChI=1S/C62H96N8O9/c1-38(2)14-9-15-40(5)45-22-23-46-44-21-20-42-35-43(26-28-61(42,6)47(44)27-29-62(45,46)7)79-54(72)36-64-56(74)50-17-11-31-68(50)59(77)49(34-39(3)4)66-55(73)48(24-25-53(63)71)65-57(75)51-18-12-32-69(51)60(78)52-19-13-33-70(52)58(76)41-16-10-30-67(8)37-41/h10,20,30,37-40,43-52H,9,11-19,21-29,31-36H2,1-8H3,(H2,63,71)(H,64,74)(H,65,75)(H,66,73)/t40-,43+,44?,45-,46+,47+,48+,49+,50+,51+,52+,61+,62-/m1/s1. The Kier molecular flexibility index (Phi) is 19.5. The number of amides is 7. The second kappa shape index (κ2) is 25.7. The Morgan fingerprint density at radius 3 is 2.14 bits per heavy atom. The molecule has 438 valence electrons. The Morgan fingerprint density at radius 1 is 0.747 bits per heavy atom. The van der Waals surface area contributed by atoms with Gasteiger partial charge in [-0.15, -0.1) is 0 Å². The maximum Gasteiger partial charge on any atom is 0.325 e. The van der Waals surface area contributed by atoms with Crippen molar-refractivity contribution in [3.8, 4) is 0 Å². The number of rotatable bonds is 21. The number of nitrogens with one attached hydrogen (secondary N) is 3. The lowest BCUT2D eigenvalue weighted by Gasteiger charge is -2.58. The first-order valence-corrected chi connectivity index (χ1v) is 30.7. The van der Waals surface area contributed by atoms with Crippen molar-refractivity contribution >= 4 is 47.3 Å². The number of likely N-dealkylation sites (tertiary alicyclic amines) is 3. The molecule has 3 saturated carbocycles. The number of esters is 1. The van der Waals surface area contributed by atoms with E-state index in [1.165, 1.54) is 60.3 Å². The molecule has 8 aliphatic rings. The molecular formula is C62H96N8O9. The van der Waals surface area contributed by atoms with Crippen molar-refractivity contribution in [3.05, 3.63) is 35.7 Å². The van der Waals surface area contributed by atoms with Gasteiger partial charge in [0.2, 0.25) is 35.4 Å². The van der Waals surface area contributed by atoms with Gasteiger partial charge in [0.1, 0.15) is 42.9 Å². The molecule has 1 unspecified atom stereocenters. The highest BCUT2D eigenvalue weighted by Crippen LogP contribution is 2.67. The molecule has 13 atom stereocenters. The fraction of sp³-hybridized carbons (Fsp3) is 0.774. The molecule has 17 nitrogen and oxygen atoms in total. The molecule has 0 bridgehead atoms. The second-order valence-corrected chi connectivity index (χ2v) is 26.6. The topological polar surface area (TPSA) is 221 Å². The van der Waals surface area contributed by atoms with Gasteiger partial charge in [-0.1, -0.05) is 85.5 Å². The zero-order chi connectivity index (χ0) is 56.9. The molecule has 5 N–H and O–H groups in total. The van der Waals surface area contributed by atoms with Crippen LogP contribution >= 0.6 is 0 Å². The number of hydrogen-bond acceptors (Lipinski definition) is 10. The monoisotopic (exact) mass is 1100 g/mol. The molecular weight excluding hydrogens is 1000 g/mol. The van der Waals surface area contributed by atoms with E-state index in [2.05, 4.69) is 56.6 Å². The highest BCUT2D eigenvalue weighted by atomic mass is 16.5. The minimum absolute atomic E-state index is 0.0653. The van der Waals surface area contributed by atoms with Crippen LogP contribution < -0.4 is 21.7 Å². The highest BCUT2D eigenvalue weighted by Gasteiger charge is 2.59. The van der Waals surface area contributed by atoms with Gasteiger partial charge < -0.3 is 46.0 Å². The maximum atomic E-state index is 14.5. The fourth-order valence-corrected chi connectivity index (χ4v) is 16.3. The summed E-state index contributed by atoms with van der Waals surface area (Å²) in [5.41, 5.74) is 8.07. The first kappa shape index (κ1) is 59.9. The molecule has 0 spiro atoms. The van der Waals surface area contributed by atoms with Gasteiger partial charge in [0.05, 0.1) is 0 Å². The Hall–Kier alpha value is -5.22. The molecule has 0 aromatic rings. The number of nitrogens with two attached hydrogens (primary N) is 1. The lowest BCUT2D eigenvalue weighted by atomic mass is 9.47. The summed E-state index contributed by atoms with van der Waals surface area (Å²) in [6, 6.07) is -4.87. The average Bonchev–Trinajstić information content (AvgIpc) is 4.27. The molecule has 4 heterocycles. The molecule has 8 rings (SSSR count). The summed E-state index contributed by atoms with van der Waals surface area (Å²) in [6.45, 7) is 16.8. The van der Waals surface area contributed by atoms with Crippen LogP contribution in [0.1, 0.15) is 183 Å². The summed E-state index contributed by atoms with van der Waals surface area (Å²) < 4.78 is 6.08. The average molecular weight is 1100 g/mol. The number of allylic oxidation sites excluding steroid dienone is 2. The van der Waals surface area contributed by atoms with Gasteiger partial charge >= 0.3 is 5.97 Å². The Balaban J connectivity index is 0.837. The molecule has 79 heavy (non-hydrogen) atoms. The van der Waals surface area contributed by atoms with Crippen LogP contribution in [0.5, 0.6) is 0 Å². The highest BCUT2D eigenvalue weighted by molar-refractivity contribution is 6.00. The lowest BCUT2D eigenvalue weighted by molar-refractivity contribution is -0.152. The van der Waals surface area contributed by atoms with Crippen molar-refractivity contribution in [2.75, 3.05) is 33.2 Å². The number of fused-ring (bicyclic) bond motifs is 5. The molecule has 0 radical (unpaired) electrons. The fourth-order valence-electron chi connectivity index (χ4n) is 16.3. The van der Waals surface area contributed by atoms with E-state index < -0.39 is 65.7 Å². The number of carbonyl (C=O) groups is 8. The summed E-state index contributed by atoms with van der Waals surface area (Å²) >= 11 is 0. The number of ether oxygens (including phenoxy) is 1. The zero-order valence-electron chi connectivity index (χ0n) is 49.0. The van der Waals surface area contributed by atoms with Crippen molar-refractivity contribution in [2.24, 2.45) is 58.0 Å². The molecule has 17 heteroatoms. The van der Waals surface area contributed by atoms with Crippen molar-refractivity contribution in [3.63, 3.8) is 0 Å². The second-order valence-electron chi connectivity index (χ2n) is 26.6. The van der Waals surface area contributed by atoms with Crippen molar-refractivity contribution in [1.29, 1.82) is 0 Å². The SMILES string of the molecule is CC(C)CCC[C@@H](C)[C@H]1CC[C@H]2C3CC=C4C[C@@H](OC(=O)CNC(=O)[C@@H]5CCCN5C(=O)[C@H](CC(C)C)NC(=O)[C@H](CCC(N)=O)NC(=O)[C@@H]5CCCN5C(=O)[C@@H]5CCCN5C(=O)C5=CN(C)C=CC5)CC[C@]4(C)[C@H]3CC[C@]12C. The van der Waals surface area contributed by atoms with Gasteiger partial charge in [0, 0.05) is 51.3 Å². The predicted molar refractivity (Wildman–Crippen MR) is 301 cm³/mol. The molecule has 4 aliphatic heterocycles. The number of hydrogen-bond donors (Lipinski definition) is 4. The van der Waals surface area contributed by atoms with Crippen LogP contribution in [0.4, 0.5) is 0 Å². The van der Waals surface area contributed by atoms with E-state index in [0.29, 0.717) is 87.3 Å². The van der Waals surface area contributed by atoms with Crippen LogP contribution in [0.25, 0.3) is 0 Å². The third-order valence-corrected chi connectivity index (χ3v) is 20.4. The van der Waals surface area contributed by atoms with Crippen LogP contribution in [0, 0.1) is 52.3 Å². The van der Waals surface area contributed by atoms with Crippen molar-refractivity contribution in [1.82, 2.24) is 35.6 Å². The Morgan fingerprint density at radius 2 is 1.44 bits per heavy atom. The summed E-state index contributed by atoms with van der Waals surface area (Å²) in [6.07, 6.45) is 23.8. The van der Waals surface area contributed by atoms with E-state index in [1.807, 2.05) is 33.2 Å². The van der Waals surface area contributed by atoms with Gasteiger partial charge in [0.25, 0.3) is 5.91 Å². The van der Waals surface area contributed by atoms with E-state index in [9.17, 15) is 38.4 Å². The number of primary amides is 1. The van der Waals surface area contributed by atoms with Crippen LogP contribution in [0.15, 0.2) is 35.7 Å². The zero-order valence-corrected chi connectivity index (χ0v) is 49.0. The Bertz CT molecular complexity index is 2380. The number of carbonyl (C=O) groups excluding carboxylic acids is 8. The largest absolute Gasteiger partial charge is 0.461 e. The Labute approximate surface area is 470 Å². The quantitative estimate of drug-likeness (QED) is 0.0678. The van der Waals surface area contributed by atoms with Gasteiger partial charge in [0.15, 0.2) is 0 Å².